The van der Waals surface area contributed by atoms with Gasteiger partial charge in [-0.15, -0.1) is 0 Å². The topological polar surface area (TPSA) is 122 Å². The molecule has 30 heavy (non-hydrogen) atoms. The third-order valence-electron chi connectivity index (χ3n) is 2.91. The number of benzene rings is 1. The fraction of sp³-hybridized carbons (Fsp3) is 0.500. The monoisotopic (exact) mass is 448 g/mol. The van der Waals surface area contributed by atoms with E-state index in [1.165, 1.54) is 6.42 Å². The van der Waals surface area contributed by atoms with Gasteiger partial charge in [-0.2, -0.15) is 0 Å². The largest absolute Gasteiger partial charge is 0.481 e. The Morgan fingerprint density at radius 1 is 1.13 bits per heavy atom. The minimum absolute atomic E-state index is 0.0490. The number of Topliss-reactive ketones (excluding diaryl/α,β-unsaturated/α-hetero) is 1. The second kappa shape index (κ2) is 18.4. The Bertz CT molecular complexity index is 655. The molecular weight excluding hydrogens is 419 g/mol. The predicted molar refractivity (Wildman–Crippen MR) is 112 cm³/mol. The van der Waals surface area contributed by atoms with Crippen LogP contribution in [0.25, 0.3) is 0 Å². The van der Waals surface area contributed by atoms with E-state index in [1.807, 2.05) is 19.2 Å². The first-order chi connectivity index (χ1) is 14.2. The standard InChI is InChI=1S/C15H16ClFN2O6.C3H8.C2H6/c16-10-3-1-9(2-4-10)8-25-15(24)18-7-13(21)19-11(5-14(22)23)12(20)6-17;1-3-2;1-2/h1-4,11H,5-8H2,(H,18,24)(H,19,21)(H,22,23);3H2,1-2H3;1-2H3. The maximum Gasteiger partial charge on any atom is 0.407 e. The van der Waals surface area contributed by atoms with E-state index in [1.54, 1.807) is 24.3 Å². The van der Waals surface area contributed by atoms with Gasteiger partial charge in [0, 0.05) is 5.02 Å². The SMILES string of the molecule is CC.CCC.O=C(O)CC(NC(=O)CNC(=O)OCc1ccc(Cl)cc1)C(=O)CF. The Balaban J connectivity index is 0. The molecule has 0 aromatic heterocycles. The molecule has 2 amide bonds. The summed E-state index contributed by atoms with van der Waals surface area (Å²) in [4.78, 5) is 44.9. The number of hydrogen-bond acceptors (Lipinski definition) is 5. The average molecular weight is 449 g/mol. The molecule has 8 nitrogen and oxygen atoms in total. The molecule has 0 radical (unpaired) electrons. The molecule has 1 unspecified atom stereocenters. The summed E-state index contributed by atoms with van der Waals surface area (Å²) in [5.41, 5.74) is 0.680. The van der Waals surface area contributed by atoms with Gasteiger partial charge in [-0.3, -0.25) is 14.4 Å². The molecule has 10 heteroatoms. The number of ketones is 1. The number of nitrogens with one attached hydrogen (secondary N) is 2. The van der Waals surface area contributed by atoms with E-state index in [2.05, 4.69) is 19.2 Å². The number of aliphatic carboxylic acids is 1. The Kier molecular flexibility index (Phi) is 18.1. The first kappa shape index (κ1) is 29.5. The minimum Gasteiger partial charge on any atom is -0.481 e. The zero-order chi connectivity index (χ0) is 23.5. The van der Waals surface area contributed by atoms with Crippen molar-refractivity contribution in [1.29, 1.82) is 0 Å². The van der Waals surface area contributed by atoms with Crippen LogP contribution in [-0.2, 0) is 25.7 Å². The molecule has 0 saturated heterocycles. The highest BCUT2D eigenvalue weighted by molar-refractivity contribution is 6.30. The summed E-state index contributed by atoms with van der Waals surface area (Å²) in [6, 6.07) is 5.05. The van der Waals surface area contributed by atoms with Crippen LogP contribution in [0.5, 0.6) is 0 Å². The molecule has 3 N–H and O–H groups in total. The Labute approximate surface area is 181 Å². The predicted octanol–water partition coefficient (Wildman–Crippen LogP) is 3.51. The molecule has 0 aliphatic rings. The van der Waals surface area contributed by atoms with Crippen LogP contribution in [0.15, 0.2) is 24.3 Å². The van der Waals surface area contributed by atoms with E-state index >= 15 is 0 Å². The third-order valence-corrected chi connectivity index (χ3v) is 3.16. The maximum absolute atomic E-state index is 12.3. The van der Waals surface area contributed by atoms with Crippen LogP contribution in [0, 0.1) is 0 Å². The summed E-state index contributed by atoms with van der Waals surface area (Å²) in [6.07, 6.45) is -0.396. The Morgan fingerprint density at radius 3 is 2.13 bits per heavy atom. The minimum atomic E-state index is -1.50. The van der Waals surface area contributed by atoms with Crippen LogP contribution in [0.1, 0.15) is 46.1 Å². The van der Waals surface area contributed by atoms with Gasteiger partial charge in [-0.05, 0) is 17.7 Å². The van der Waals surface area contributed by atoms with Crippen molar-refractivity contribution >= 4 is 35.4 Å². The van der Waals surface area contributed by atoms with Crippen molar-refractivity contribution < 1.29 is 33.4 Å². The maximum atomic E-state index is 12.3. The van der Waals surface area contributed by atoms with Crippen molar-refractivity contribution in [2.75, 3.05) is 13.2 Å². The molecule has 1 aromatic rings. The fourth-order valence-electron chi connectivity index (χ4n) is 1.69. The molecule has 1 atom stereocenters. The molecule has 0 aliphatic carbocycles. The summed E-state index contributed by atoms with van der Waals surface area (Å²) >= 11 is 5.72. The van der Waals surface area contributed by atoms with E-state index in [0.29, 0.717) is 10.6 Å². The van der Waals surface area contributed by atoms with Crippen molar-refractivity contribution in [3.63, 3.8) is 0 Å². The van der Waals surface area contributed by atoms with Crippen LogP contribution in [-0.4, -0.2) is 48.1 Å². The molecule has 1 rings (SSSR count). The quantitative estimate of drug-likeness (QED) is 0.531. The number of carboxylic acid groups (broad SMARTS) is 1. The number of amides is 2. The third kappa shape index (κ3) is 15.3. The molecule has 170 valence electrons. The lowest BCUT2D eigenvalue weighted by Crippen LogP contribution is -2.47. The number of carboxylic acids is 1. The Hall–Kier alpha value is -2.68. The number of hydrogen-bond donors (Lipinski definition) is 3. The summed E-state index contributed by atoms with van der Waals surface area (Å²) in [7, 11) is 0. The lowest BCUT2D eigenvalue weighted by atomic mass is 10.1. The first-order valence-corrected chi connectivity index (χ1v) is 9.86. The van der Waals surface area contributed by atoms with Gasteiger partial charge in [-0.1, -0.05) is 57.8 Å². The molecule has 0 saturated carbocycles. The summed E-state index contributed by atoms with van der Waals surface area (Å²) in [6.45, 7) is 6.23. The molecule has 0 fully saturated rings. The van der Waals surface area contributed by atoms with Crippen LogP contribution in [0.3, 0.4) is 0 Å². The normalized spacial score (nSPS) is 10.2. The van der Waals surface area contributed by atoms with Crippen molar-refractivity contribution in [2.45, 2.75) is 53.2 Å². The van der Waals surface area contributed by atoms with Gasteiger partial charge in [-0.25, -0.2) is 9.18 Å². The van der Waals surface area contributed by atoms with Gasteiger partial charge in [0.25, 0.3) is 0 Å². The number of rotatable bonds is 9. The average Bonchev–Trinajstić information content (AvgIpc) is 2.72. The Morgan fingerprint density at radius 2 is 1.67 bits per heavy atom. The number of carbonyl (C=O) groups is 4. The molecule has 0 heterocycles. The summed E-state index contributed by atoms with van der Waals surface area (Å²) < 4.78 is 17.2. The van der Waals surface area contributed by atoms with E-state index < -0.39 is 49.4 Å². The second-order valence-corrected chi connectivity index (χ2v) is 6.02. The number of carbonyl (C=O) groups excluding carboxylic acids is 3. The smallest absolute Gasteiger partial charge is 0.407 e. The summed E-state index contributed by atoms with van der Waals surface area (Å²) in [5.74, 6) is -3.29. The van der Waals surface area contributed by atoms with Crippen LogP contribution >= 0.6 is 11.6 Å². The molecule has 1 aromatic carbocycles. The van der Waals surface area contributed by atoms with Gasteiger partial charge in [0.2, 0.25) is 5.91 Å². The van der Waals surface area contributed by atoms with Gasteiger partial charge in [0.1, 0.15) is 25.9 Å². The number of alkyl halides is 1. The first-order valence-electron chi connectivity index (χ1n) is 9.48. The van der Waals surface area contributed by atoms with Crippen LogP contribution in [0.4, 0.5) is 9.18 Å². The van der Waals surface area contributed by atoms with E-state index in [-0.39, 0.29) is 6.61 Å². The van der Waals surface area contributed by atoms with Gasteiger partial charge >= 0.3 is 12.1 Å². The highest BCUT2D eigenvalue weighted by Crippen LogP contribution is 2.10. The van der Waals surface area contributed by atoms with Gasteiger partial charge < -0.3 is 20.5 Å². The zero-order valence-corrected chi connectivity index (χ0v) is 18.4. The van der Waals surface area contributed by atoms with E-state index in [4.69, 9.17) is 21.4 Å². The molecule has 0 bridgehead atoms. The molecule has 0 spiro atoms. The van der Waals surface area contributed by atoms with Crippen molar-refractivity contribution in [2.24, 2.45) is 0 Å². The fourth-order valence-corrected chi connectivity index (χ4v) is 1.82. The number of alkyl carbamates (subject to hydrolysis) is 1. The molecule has 0 aliphatic heterocycles. The van der Waals surface area contributed by atoms with E-state index in [9.17, 15) is 23.6 Å². The lowest BCUT2D eigenvalue weighted by Gasteiger charge is -2.14. The van der Waals surface area contributed by atoms with Crippen molar-refractivity contribution in [3.8, 4) is 0 Å². The summed E-state index contributed by atoms with van der Waals surface area (Å²) in [5, 5.41) is 13.3. The van der Waals surface area contributed by atoms with E-state index in [0.717, 1.165) is 0 Å². The number of ether oxygens (including phenoxy) is 1. The van der Waals surface area contributed by atoms with Crippen LogP contribution in [0.2, 0.25) is 5.02 Å². The highest BCUT2D eigenvalue weighted by Gasteiger charge is 2.23. The van der Waals surface area contributed by atoms with Crippen molar-refractivity contribution in [3.05, 3.63) is 34.9 Å². The molecular formula is C20H30ClFN2O6. The number of halogens is 2. The van der Waals surface area contributed by atoms with Gasteiger partial charge in [0.15, 0.2) is 5.78 Å². The van der Waals surface area contributed by atoms with Crippen LogP contribution < -0.4 is 10.6 Å². The lowest BCUT2D eigenvalue weighted by molar-refractivity contribution is -0.140. The highest BCUT2D eigenvalue weighted by atomic mass is 35.5. The zero-order valence-electron chi connectivity index (χ0n) is 17.7. The van der Waals surface area contributed by atoms with Crippen molar-refractivity contribution in [1.82, 2.24) is 10.6 Å². The van der Waals surface area contributed by atoms with Gasteiger partial charge in [0.05, 0.1) is 6.42 Å². The second-order valence-electron chi connectivity index (χ2n) is 5.58.